The Morgan fingerprint density at radius 3 is 2.59 bits per heavy atom. The van der Waals surface area contributed by atoms with Gasteiger partial charge in [0.25, 0.3) is 11.5 Å². The molecule has 0 atom stereocenters. The summed E-state index contributed by atoms with van der Waals surface area (Å²) in [4.78, 5) is 42.6. The van der Waals surface area contributed by atoms with Gasteiger partial charge in [0.1, 0.15) is 18.9 Å². The lowest BCUT2D eigenvalue weighted by atomic mass is 10.2. The predicted octanol–water partition coefficient (Wildman–Crippen LogP) is -1.18. The fraction of sp³-hybridized carbons (Fsp3) is 0.722. The van der Waals surface area contributed by atoms with Gasteiger partial charge in [0, 0.05) is 13.1 Å². The largest absolute Gasteiger partial charge is 0.383 e. The summed E-state index contributed by atoms with van der Waals surface area (Å²) in [5.41, 5.74) is 5.13. The van der Waals surface area contributed by atoms with Gasteiger partial charge in [0.15, 0.2) is 12.2 Å². The number of nitrogens with two attached hydrogens (primary N) is 1. The molecular formula is C18H32N5O4+. The van der Waals surface area contributed by atoms with Crippen LogP contribution in [0, 0.1) is 5.92 Å². The first kappa shape index (κ1) is 21.2. The number of carbonyl (C=O) groups is 1. The number of H-pyrrole nitrogens is 1. The monoisotopic (exact) mass is 382 g/mol. The summed E-state index contributed by atoms with van der Waals surface area (Å²) in [5, 5.41) is 0. The zero-order chi connectivity index (χ0) is 20.0. The number of anilines is 2. The van der Waals surface area contributed by atoms with Gasteiger partial charge in [-0.1, -0.05) is 27.2 Å². The fourth-order valence-electron chi connectivity index (χ4n) is 3.21. The highest BCUT2D eigenvalue weighted by atomic mass is 16.5. The Labute approximate surface area is 159 Å². The van der Waals surface area contributed by atoms with E-state index < -0.39 is 11.2 Å². The molecule has 152 valence electrons. The van der Waals surface area contributed by atoms with E-state index in [1.807, 2.05) is 20.8 Å². The average molecular weight is 382 g/mol. The summed E-state index contributed by atoms with van der Waals surface area (Å²) >= 11 is 0. The molecule has 1 aliphatic heterocycles. The quantitative estimate of drug-likeness (QED) is 0.524. The van der Waals surface area contributed by atoms with Crippen LogP contribution in [-0.2, 0) is 16.1 Å². The minimum absolute atomic E-state index is 0.0545. The molecule has 1 fully saturated rings. The molecule has 1 amide bonds. The molecule has 0 aliphatic carbocycles. The first-order valence-corrected chi connectivity index (χ1v) is 9.69. The first-order chi connectivity index (χ1) is 12.8. The standard InChI is InChI=1S/C18H31N5O4/c1-4-5-6-22(14(24)12-21-7-9-27-10-8-21)15-16(19)23(11-13(2)3)18(26)20-17(15)25/h13H,4-12,19H2,1-3H3,(H,20,25,26)/p+1. The second-order valence-electron chi connectivity index (χ2n) is 7.44. The summed E-state index contributed by atoms with van der Waals surface area (Å²) in [6.07, 6.45) is 1.62. The third kappa shape index (κ3) is 5.43. The minimum Gasteiger partial charge on any atom is -0.383 e. The van der Waals surface area contributed by atoms with Gasteiger partial charge in [-0.3, -0.25) is 24.0 Å². The normalized spacial score (nSPS) is 15.3. The SMILES string of the molecule is CCCCN(C(=O)C[NH+]1CCOCC1)c1c(N)n(CC(C)C)c(=O)[nH]c1=O. The van der Waals surface area contributed by atoms with Crippen LogP contribution < -0.4 is 26.8 Å². The van der Waals surface area contributed by atoms with Crippen LogP contribution in [0.25, 0.3) is 0 Å². The molecule has 0 saturated carbocycles. The Balaban J connectivity index is 2.38. The molecule has 1 saturated heterocycles. The maximum atomic E-state index is 13.0. The van der Waals surface area contributed by atoms with Crippen molar-refractivity contribution < 1.29 is 14.4 Å². The number of unbranched alkanes of at least 4 members (excludes halogenated alkanes) is 1. The van der Waals surface area contributed by atoms with Crippen molar-refractivity contribution in [3.05, 3.63) is 20.8 Å². The van der Waals surface area contributed by atoms with Gasteiger partial charge in [0.05, 0.1) is 13.2 Å². The highest BCUT2D eigenvalue weighted by Gasteiger charge is 2.27. The van der Waals surface area contributed by atoms with Crippen molar-refractivity contribution in [3.63, 3.8) is 0 Å². The topological polar surface area (TPSA) is 115 Å². The van der Waals surface area contributed by atoms with Crippen molar-refractivity contribution >= 4 is 17.4 Å². The molecular weight excluding hydrogens is 350 g/mol. The second kappa shape index (κ2) is 9.70. The number of morpholine rings is 1. The zero-order valence-electron chi connectivity index (χ0n) is 16.5. The van der Waals surface area contributed by atoms with Gasteiger partial charge in [-0.05, 0) is 12.3 Å². The second-order valence-corrected chi connectivity index (χ2v) is 7.44. The van der Waals surface area contributed by atoms with Crippen LogP contribution in [0.4, 0.5) is 11.5 Å². The van der Waals surface area contributed by atoms with E-state index in [1.54, 1.807) is 0 Å². The van der Waals surface area contributed by atoms with Crippen molar-refractivity contribution in [2.75, 3.05) is 50.0 Å². The van der Waals surface area contributed by atoms with Crippen LogP contribution >= 0.6 is 0 Å². The Bertz CT molecular complexity index is 749. The van der Waals surface area contributed by atoms with E-state index in [9.17, 15) is 14.4 Å². The summed E-state index contributed by atoms with van der Waals surface area (Å²) in [7, 11) is 0. The number of aromatic nitrogens is 2. The van der Waals surface area contributed by atoms with E-state index in [2.05, 4.69) is 4.98 Å². The van der Waals surface area contributed by atoms with Crippen LogP contribution in [0.1, 0.15) is 33.6 Å². The van der Waals surface area contributed by atoms with Crippen molar-refractivity contribution in [2.45, 2.75) is 40.2 Å². The molecule has 0 unspecified atom stereocenters. The van der Waals surface area contributed by atoms with Crippen LogP contribution in [0.15, 0.2) is 9.59 Å². The van der Waals surface area contributed by atoms with Gasteiger partial charge < -0.3 is 15.4 Å². The van der Waals surface area contributed by atoms with Gasteiger partial charge in [-0.25, -0.2) is 4.79 Å². The molecule has 2 rings (SSSR count). The van der Waals surface area contributed by atoms with E-state index in [1.165, 1.54) is 9.47 Å². The molecule has 1 aromatic heterocycles. The molecule has 1 aliphatic rings. The summed E-state index contributed by atoms with van der Waals surface area (Å²) in [6, 6.07) is 0. The molecule has 27 heavy (non-hydrogen) atoms. The Morgan fingerprint density at radius 1 is 1.33 bits per heavy atom. The number of amides is 1. The number of hydrogen-bond donors (Lipinski definition) is 3. The molecule has 2 heterocycles. The van der Waals surface area contributed by atoms with Gasteiger partial charge >= 0.3 is 5.69 Å². The van der Waals surface area contributed by atoms with Crippen LogP contribution in [-0.4, -0.2) is 54.9 Å². The number of nitrogens with zero attached hydrogens (tertiary/aromatic N) is 2. The summed E-state index contributed by atoms with van der Waals surface area (Å²) in [6.45, 7) is 9.73. The number of aromatic amines is 1. The van der Waals surface area contributed by atoms with Crippen LogP contribution in [0.3, 0.4) is 0 Å². The maximum absolute atomic E-state index is 13.0. The Hall–Kier alpha value is -2.13. The summed E-state index contributed by atoms with van der Waals surface area (Å²) in [5.74, 6) is 0.0625. The average Bonchev–Trinajstić information content (AvgIpc) is 2.61. The van der Waals surface area contributed by atoms with Gasteiger partial charge in [-0.15, -0.1) is 0 Å². The molecule has 0 aromatic carbocycles. The molecule has 0 spiro atoms. The van der Waals surface area contributed by atoms with Gasteiger partial charge in [-0.2, -0.15) is 0 Å². The summed E-state index contributed by atoms with van der Waals surface area (Å²) < 4.78 is 6.68. The number of nitrogens with one attached hydrogen (secondary N) is 2. The molecule has 9 heteroatoms. The lowest BCUT2D eigenvalue weighted by molar-refractivity contribution is -0.900. The third-order valence-electron chi connectivity index (χ3n) is 4.67. The molecule has 9 nitrogen and oxygen atoms in total. The fourth-order valence-corrected chi connectivity index (χ4v) is 3.21. The Morgan fingerprint density at radius 2 is 2.00 bits per heavy atom. The molecule has 0 bridgehead atoms. The number of quaternary nitrogens is 1. The number of nitrogen functional groups attached to an aromatic ring is 1. The molecule has 1 aromatic rings. The van der Waals surface area contributed by atoms with Crippen molar-refractivity contribution in [1.29, 1.82) is 0 Å². The highest BCUT2D eigenvalue weighted by Crippen LogP contribution is 2.18. The third-order valence-corrected chi connectivity index (χ3v) is 4.67. The van der Waals surface area contributed by atoms with E-state index in [0.717, 1.165) is 30.8 Å². The first-order valence-electron chi connectivity index (χ1n) is 9.69. The predicted molar refractivity (Wildman–Crippen MR) is 104 cm³/mol. The minimum atomic E-state index is -0.612. The van der Waals surface area contributed by atoms with Gasteiger partial charge in [0.2, 0.25) is 0 Å². The van der Waals surface area contributed by atoms with E-state index in [0.29, 0.717) is 26.3 Å². The zero-order valence-corrected chi connectivity index (χ0v) is 16.5. The lowest BCUT2D eigenvalue weighted by Gasteiger charge is -2.28. The number of ether oxygens (including phenoxy) is 1. The van der Waals surface area contributed by atoms with E-state index in [-0.39, 0.29) is 29.9 Å². The molecule has 4 N–H and O–H groups in total. The Kier molecular flexibility index (Phi) is 7.61. The number of hydrogen-bond acceptors (Lipinski definition) is 5. The van der Waals surface area contributed by atoms with Crippen LogP contribution in [0.2, 0.25) is 0 Å². The smallest absolute Gasteiger partial charge is 0.330 e. The number of carbonyl (C=O) groups excluding carboxylic acids is 1. The van der Waals surface area contributed by atoms with Crippen molar-refractivity contribution in [1.82, 2.24) is 9.55 Å². The van der Waals surface area contributed by atoms with Crippen LogP contribution in [0.5, 0.6) is 0 Å². The highest BCUT2D eigenvalue weighted by molar-refractivity contribution is 5.96. The van der Waals surface area contributed by atoms with E-state index >= 15 is 0 Å². The molecule has 0 radical (unpaired) electrons. The maximum Gasteiger partial charge on any atom is 0.330 e. The van der Waals surface area contributed by atoms with E-state index in [4.69, 9.17) is 10.5 Å². The van der Waals surface area contributed by atoms with Crippen molar-refractivity contribution in [2.24, 2.45) is 5.92 Å². The van der Waals surface area contributed by atoms with Crippen molar-refractivity contribution in [3.8, 4) is 0 Å². The number of rotatable bonds is 8. The lowest BCUT2D eigenvalue weighted by Crippen LogP contribution is -3.15.